The second-order valence-corrected chi connectivity index (χ2v) is 7.89. The number of amides is 2. The van der Waals surface area contributed by atoms with Gasteiger partial charge in [-0.05, 0) is 37.5 Å². The molecule has 1 saturated heterocycles. The summed E-state index contributed by atoms with van der Waals surface area (Å²) in [6.07, 6.45) is 1.71. The number of nitrogens with one attached hydrogen (secondary N) is 2. The van der Waals surface area contributed by atoms with E-state index >= 15 is 0 Å². The Labute approximate surface area is 173 Å². The number of benzene rings is 1. The first-order chi connectivity index (χ1) is 13.8. The van der Waals surface area contributed by atoms with Gasteiger partial charge >= 0.3 is 6.03 Å². The Bertz CT molecular complexity index is 712. The monoisotopic (exact) mass is 405 g/mol. The molecule has 29 heavy (non-hydrogen) atoms. The number of likely N-dealkylation sites (tertiary alicyclic amines) is 1. The maximum Gasteiger partial charge on any atom is 0.314 e. The summed E-state index contributed by atoms with van der Waals surface area (Å²) in [5, 5.41) is 6.81. The van der Waals surface area contributed by atoms with Gasteiger partial charge in [-0.1, -0.05) is 19.9 Å². The van der Waals surface area contributed by atoms with Crippen LogP contribution in [0.4, 0.5) is 4.79 Å². The second kappa shape index (κ2) is 10.2. The van der Waals surface area contributed by atoms with Crippen LogP contribution >= 0.6 is 0 Å². The third kappa shape index (κ3) is 6.17. The van der Waals surface area contributed by atoms with E-state index in [1.54, 1.807) is 19.1 Å². The fraction of sp³-hybridized carbons (Fsp3) is 0.619. The molecule has 0 aromatic heterocycles. The Morgan fingerprint density at radius 3 is 2.45 bits per heavy atom. The minimum absolute atomic E-state index is 0.183. The van der Waals surface area contributed by atoms with Crippen LogP contribution in [0.15, 0.2) is 23.2 Å². The molecule has 0 atom stereocenters. The second-order valence-electron chi connectivity index (χ2n) is 7.89. The molecule has 1 aromatic rings. The summed E-state index contributed by atoms with van der Waals surface area (Å²) < 4.78 is 10.8. The number of hydrogen-bond acceptors (Lipinski definition) is 4. The summed E-state index contributed by atoms with van der Waals surface area (Å²) in [4.78, 5) is 17.8. The number of rotatable bonds is 7. The highest BCUT2D eigenvalue weighted by Crippen LogP contribution is 2.33. The lowest BCUT2D eigenvalue weighted by atomic mass is 9.84. The van der Waals surface area contributed by atoms with Crippen molar-refractivity contribution in [1.29, 1.82) is 0 Å². The Hall–Kier alpha value is -2.64. The molecular weight excluding hydrogens is 370 g/mol. The first-order valence-electron chi connectivity index (χ1n) is 10.1. The molecule has 8 heteroatoms. The summed E-state index contributed by atoms with van der Waals surface area (Å²) in [5.41, 5.74) is 6.31. The number of nitrogens with two attached hydrogens (primary N) is 1. The average Bonchev–Trinajstić information content (AvgIpc) is 2.72. The molecule has 0 radical (unpaired) electrons. The highest BCUT2D eigenvalue weighted by atomic mass is 16.5. The van der Waals surface area contributed by atoms with E-state index in [0.29, 0.717) is 31.1 Å². The van der Waals surface area contributed by atoms with Crippen LogP contribution in [0.1, 0.15) is 39.2 Å². The lowest BCUT2D eigenvalue weighted by Gasteiger charge is -2.32. The highest BCUT2D eigenvalue weighted by molar-refractivity contribution is 5.80. The summed E-state index contributed by atoms with van der Waals surface area (Å²) in [7, 11) is 3.28. The van der Waals surface area contributed by atoms with Crippen molar-refractivity contribution in [3.05, 3.63) is 23.8 Å². The Balaban J connectivity index is 2.05. The molecule has 1 aliphatic rings. The molecule has 162 valence electrons. The lowest BCUT2D eigenvalue weighted by molar-refractivity contribution is 0.188. The number of ether oxygens (including phenoxy) is 2. The molecule has 1 aromatic carbocycles. The number of carbonyl (C=O) groups excluding carboxylic acids is 1. The molecule has 2 amide bonds. The maximum atomic E-state index is 11.3. The topological polar surface area (TPSA) is 101 Å². The van der Waals surface area contributed by atoms with Gasteiger partial charge in [-0.15, -0.1) is 0 Å². The first kappa shape index (κ1) is 22.6. The van der Waals surface area contributed by atoms with Gasteiger partial charge in [0.1, 0.15) is 0 Å². The van der Waals surface area contributed by atoms with Crippen LogP contribution in [0.25, 0.3) is 0 Å². The largest absolute Gasteiger partial charge is 0.493 e. The van der Waals surface area contributed by atoms with E-state index in [0.717, 1.165) is 30.9 Å². The minimum atomic E-state index is -0.347. The van der Waals surface area contributed by atoms with Crippen molar-refractivity contribution in [3.8, 4) is 11.5 Å². The normalized spacial score (nSPS) is 15.8. The van der Waals surface area contributed by atoms with E-state index in [-0.39, 0.29) is 17.5 Å². The number of methoxy groups -OCH3 is 2. The van der Waals surface area contributed by atoms with Gasteiger partial charge in [0.2, 0.25) is 0 Å². The molecule has 0 aliphatic carbocycles. The number of primary amides is 1. The summed E-state index contributed by atoms with van der Waals surface area (Å²) in [6, 6.07) is 5.91. The number of urea groups is 1. The minimum Gasteiger partial charge on any atom is -0.493 e. The molecule has 1 aliphatic heterocycles. The number of hydrogen-bond donors (Lipinski definition) is 3. The van der Waals surface area contributed by atoms with Crippen molar-refractivity contribution < 1.29 is 14.3 Å². The van der Waals surface area contributed by atoms with Gasteiger partial charge in [-0.2, -0.15) is 0 Å². The van der Waals surface area contributed by atoms with Gasteiger partial charge in [0.15, 0.2) is 17.5 Å². The van der Waals surface area contributed by atoms with Gasteiger partial charge in [0.05, 0.1) is 20.8 Å². The van der Waals surface area contributed by atoms with Crippen LogP contribution in [0.5, 0.6) is 11.5 Å². The fourth-order valence-electron chi connectivity index (χ4n) is 3.38. The van der Waals surface area contributed by atoms with Crippen LogP contribution in [-0.2, 0) is 5.41 Å². The van der Waals surface area contributed by atoms with E-state index in [1.807, 2.05) is 19.1 Å². The summed E-state index contributed by atoms with van der Waals surface area (Å²) in [6.45, 7) is 9.10. The fourth-order valence-corrected chi connectivity index (χ4v) is 3.38. The zero-order valence-electron chi connectivity index (χ0n) is 18.2. The molecule has 0 unspecified atom stereocenters. The van der Waals surface area contributed by atoms with E-state index in [2.05, 4.69) is 30.5 Å². The van der Waals surface area contributed by atoms with Crippen molar-refractivity contribution in [1.82, 2.24) is 15.5 Å². The van der Waals surface area contributed by atoms with Crippen LogP contribution in [-0.4, -0.2) is 63.3 Å². The van der Waals surface area contributed by atoms with Gasteiger partial charge in [-0.25, -0.2) is 4.79 Å². The Morgan fingerprint density at radius 2 is 1.90 bits per heavy atom. The predicted molar refractivity (Wildman–Crippen MR) is 116 cm³/mol. The molecule has 0 spiro atoms. The maximum absolute atomic E-state index is 11.3. The summed E-state index contributed by atoms with van der Waals surface area (Å²) >= 11 is 0. The number of guanidine groups is 1. The quantitative estimate of drug-likeness (QED) is 0.476. The van der Waals surface area contributed by atoms with Crippen molar-refractivity contribution in [2.75, 3.05) is 40.4 Å². The Morgan fingerprint density at radius 1 is 1.24 bits per heavy atom. The molecule has 2 rings (SSSR count). The standard InChI is InChI=1S/C21H35N5O3/c1-6-23-20(25-16-9-11-26(12-10-16)19(22)27)24-14-21(2,3)15-7-8-17(28-4)18(13-15)29-5/h7-8,13,16H,6,9-12,14H2,1-5H3,(H2,22,27)(H2,23,24,25). The van der Waals surface area contributed by atoms with E-state index in [4.69, 9.17) is 20.2 Å². The first-order valence-corrected chi connectivity index (χ1v) is 10.1. The molecule has 0 saturated carbocycles. The van der Waals surface area contributed by atoms with Gasteiger partial charge in [0.25, 0.3) is 0 Å². The number of aliphatic imine (C=N–C) groups is 1. The average molecular weight is 406 g/mol. The molecule has 4 N–H and O–H groups in total. The van der Waals surface area contributed by atoms with Crippen LogP contribution in [0.3, 0.4) is 0 Å². The van der Waals surface area contributed by atoms with Gasteiger partial charge in [-0.3, -0.25) is 4.99 Å². The SMILES string of the molecule is CCNC(=NCC(C)(C)c1ccc(OC)c(OC)c1)NC1CCN(C(N)=O)CC1. The smallest absolute Gasteiger partial charge is 0.314 e. The van der Waals surface area contributed by atoms with Gasteiger partial charge in [0, 0.05) is 31.1 Å². The van der Waals surface area contributed by atoms with Crippen LogP contribution < -0.4 is 25.8 Å². The number of carbonyl (C=O) groups is 1. The van der Waals surface area contributed by atoms with Crippen molar-refractivity contribution in [3.63, 3.8) is 0 Å². The van der Waals surface area contributed by atoms with Crippen molar-refractivity contribution in [2.45, 2.75) is 45.1 Å². The van der Waals surface area contributed by atoms with E-state index in [1.165, 1.54) is 0 Å². The molecule has 0 bridgehead atoms. The van der Waals surface area contributed by atoms with E-state index in [9.17, 15) is 4.79 Å². The number of piperidine rings is 1. The van der Waals surface area contributed by atoms with E-state index < -0.39 is 0 Å². The third-order valence-electron chi connectivity index (χ3n) is 5.29. The predicted octanol–water partition coefficient (Wildman–Crippen LogP) is 2.08. The molecule has 1 fully saturated rings. The zero-order chi connectivity index (χ0) is 21.4. The highest BCUT2D eigenvalue weighted by Gasteiger charge is 2.24. The molecule has 1 heterocycles. The number of nitrogens with zero attached hydrogens (tertiary/aromatic N) is 2. The third-order valence-corrected chi connectivity index (χ3v) is 5.29. The molecule has 8 nitrogen and oxygen atoms in total. The summed E-state index contributed by atoms with van der Waals surface area (Å²) in [5.74, 6) is 2.22. The van der Waals surface area contributed by atoms with Crippen molar-refractivity contribution >= 4 is 12.0 Å². The van der Waals surface area contributed by atoms with Crippen LogP contribution in [0, 0.1) is 0 Å². The van der Waals surface area contributed by atoms with Crippen molar-refractivity contribution in [2.24, 2.45) is 10.7 Å². The lowest BCUT2D eigenvalue weighted by Crippen LogP contribution is -2.51. The Kier molecular flexibility index (Phi) is 7.99. The zero-order valence-corrected chi connectivity index (χ0v) is 18.2. The molecular formula is C21H35N5O3. The van der Waals surface area contributed by atoms with Crippen LogP contribution in [0.2, 0.25) is 0 Å². The van der Waals surface area contributed by atoms with Gasteiger partial charge < -0.3 is 30.7 Å².